The summed E-state index contributed by atoms with van der Waals surface area (Å²) in [5.41, 5.74) is 0.00138. The normalized spacial score (nSPS) is 55.2. The molecule has 0 amide bonds. The topological polar surface area (TPSA) is 40.5 Å². The van der Waals surface area contributed by atoms with Gasteiger partial charge in [-0.15, -0.1) is 0 Å². The molecule has 0 saturated heterocycles. The van der Waals surface area contributed by atoms with Gasteiger partial charge in [0.2, 0.25) is 0 Å². The Balaban J connectivity index is 1.32. The second-order valence-electron chi connectivity index (χ2n) is 11.6. The van der Waals surface area contributed by atoms with Crippen LogP contribution in [-0.4, -0.2) is 36.4 Å². The van der Waals surface area contributed by atoms with Gasteiger partial charge in [0.1, 0.15) is 0 Å². The van der Waals surface area contributed by atoms with Gasteiger partial charge in [-0.25, -0.2) is 0 Å². The van der Waals surface area contributed by atoms with Gasteiger partial charge in [0.15, 0.2) is 0 Å². The fourth-order valence-electron chi connectivity index (χ4n) is 6.65. The van der Waals surface area contributed by atoms with E-state index in [0.717, 1.165) is 36.5 Å². The number of fused-ring (bicyclic) bond motifs is 2. The third-order valence-electron chi connectivity index (χ3n) is 9.32. The minimum absolute atomic E-state index is 0.463. The van der Waals surface area contributed by atoms with Gasteiger partial charge in [-0.2, -0.15) is 0 Å². The van der Waals surface area contributed by atoms with E-state index in [-0.39, 0.29) is 0 Å². The van der Waals surface area contributed by atoms with E-state index in [9.17, 15) is 10.2 Å². The SMILES string of the molecule is CC1(C)[C@@H]2C[C@H](C[Se]C[C@H]3C[C@@H]4[C@H](C[C@]3(C)O)C4(C)C)[C@@](C)(O)C[C@@H]21. The molecule has 0 unspecified atom stereocenters. The van der Waals surface area contributed by atoms with E-state index in [1.807, 2.05) is 0 Å². The van der Waals surface area contributed by atoms with E-state index < -0.39 is 11.2 Å². The first-order chi connectivity index (χ1) is 11.4. The van der Waals surface area contributed by atoms with Gasteiger partial charge in [-0.3, -0.25) is 0 Å². The zero-order valence-corrected chi connectivity index (χ0v) is 18.7. The Morgan fingerprint density at radius 1 is 0.680 bits per heavy atom. The first kappa shape index (κ1) is 18.8. The van der Waals surface area contributed by atoms with Crippen molar-refractivity contribution < 1.29 is 10.2 Å². The van der Waals surface area contributed by atoms with Crippen molar-refractivity contribution in [1.82, 2.24) is 0 Å². The molecule has 0 spiro atoms. The molecule has 4 saturated carbocycles. The molecule has 144 valence electrons. The van der Waals surface area contributed by atoms with E-state index >= 15 is 0 Å². The third kappa shape index (κ3) is 2.96. The maximum absolute atomic E-state index is 11.0. The van der Waals surface area contributed by atoms with Crippen molar-refractivity contribution in [2.24, 2.45) is 46.3 Å². The first-order valence-corrected chi connectivity index (χ1v) is 12.8. The van der Waals surface area contributed by atoms with Crippen LogP contribution in [0.1, 0.15) is 67.2 Å². The summed E-state index contributed by atoms with van der Waals surface area (Å²) in [5, 5.41) is 24.4. The van der Waals surface area contributed by atoms with Crippen LogP contribution in [0.3, 0.4) is 0 Å². The standard InChI is InChI=1S/C22H38O2Se/c1-19(2)15-7-13(21(5,23)9-17(15)19)11-25-12-14-8-16-18(20(16,3)4)10-22(14,6)24/h13-18,23-24H,7-12H2,1-6H3/t13-,14-,15-,16-,17+,18+,21+,22+/m1/s1. The molecular formula is C22H38O2Se. The van der Waals surface area contributed by atoms with Crippen molar-refractivity contribution in [3.8, 4) is 0 Å². The van der Waals surface area contributed by atoms with Gasteiger partial charge in [-0.05, 0) is 0 Å². The van der Waals surface area contributed by atoms with Crippen molar-refractivity contribution in [2.45, 2.75) is 89.1 Å². The van der Waals surface area contributed by atoms with Gasteiger partial charge >= 0.3 is 161 Å². The third-order valence-corrected chi connectivity index (χ3v) is 12.0. The Morgan fingerprint density at radius 2 is 1.04 bits per heavy atom. The molecule has 2 N–H and O–H groups in total. The zero-order chi connectivity index (χ0) is 18.4. The van der Waals surface area contributed by atoms with E-state index in [1.54, 1.807) is 0 Å². The quantitative estimate of drug-likeness (QED) is 0.671. The molecule has 0 radical (unpaired) electrons. The van der Waals surface area contributed by atoms with Crippen LogP contribution in [0.25, 0.3) is 0 Å². The zero-order valence-electron chi connectivity index (χ0n) is 17.0. The van der Waals surface area contributed by atoms with Gasteiger partial charge < -0.3 is 0 Å². The molecule has 0 aliphatic heterocycles. The van der Waals surface area contributed by atoms with Crippen molar-refractivity contribution in [3.05, 3.63) is 0 Å². The molecule has 3 heteroatoms. The van der Waals surface area contributed by atoms with Gasteiger partial charge in [-0.1, -0.05) is 0 Å². The van der Waals surface area contributed by atoms with Crippen LogP contribution in [0.4, 0.5) is 0 Å². The van der Waals surface area contributed by atoms with Crippen molar-refractivity contribution in [3.63, 3.8) is 0 Å². The second-order valence-corrected chi connectivity index (χ2v) is 13.8. The number of hydrogen-bond donors (Lipinski definition) is 2. The molecule has 0 bridgehead atoms. The summed E-state index contributed by atoms with van der Waals surface area (Å²) in [6.07, 6.45) is 4.46. The molecular weight excluding hydrogens is 375 g/mol. The monoisotopic (exact) mass is 414 g/mol. The van der Waals surface area contributed by atoms with Crippen molar-refractivity contribution in [2.75, 3.05) is 0 Å². The number of aliphatic hydroxyl groups is 2. The van der Waals surface area contributed by atoms with Crippen LogP contribution < -0.4 is 0 Å². The van der Waals surface area contributed by atoms with Crippen LogP contribution >= 0.6 is 0 Å². The van der Waals surface area contributed by atoms with Crippen molar-refractivity contribution >= 4 is 15.0 Å². The first-order valence-electron chi connectivity index (χ1n) is 10.4. The molecule has 8 atom stereocenters. The molecule has 0 aromatic rings. The average molecular weight is 414 g/mol. The predicted molar refractivity (Wildman–Crippen MR) is 104 cm³/mol. The minimum atomic E-state index is -0.463. The van der Waals surface area contributed by atoms with Gasteiger partial charge in [0.05, 0.1) is 0 Å². The Bertz CT molecular complexity index is 502. The van der Waals surface area contributed by atoms with Gasteiger partial charge in [0.25, 0.3) is 0 Å². The number of hydrogen-bond acceptors (Lipinski definition) is 2. The predicted octanol–water partition coefficient (Wildman–Crippen LogP) is 4.39. The molecule has 0 heterocycles. The Labute approximate surface area is 160 Å². The van der Waals surface area contributed by atoms with Crippen LogP contribution in [0.5, 0.6) is 0 Å². The van der Waals surface area contributed by atoms with E-state index in [1.165, 1.54) is 23.5 Å². The molecule has 0 aromatic heterocycles. The van der Waals surface area contributed by atoms with Gasteiger partial charge in [0, 0.05) is 0 Å². The molecule has 2 nitrogen and oxygen atoms in total. The maximum atomic E-state index is 11.0. The van der Waals surface area contributed by atoms with Crippen LogP contribution in [0.2, 0.25) is 10.6 Å². The van der Waals surface area contributed by atoms with Crippen molar-refractivity contribution in [1.29, 1.82) is 0 Å². The fraction of sp³-hybridized carbons (Fsp3) is 1.00. The summed E-state index contributed by atoms with van der Waals surface area (Å²) in [5.74, 6) is 4.15. The summed E-state index contributed by atoms with van der Waals surface area (Å²) in [7, 11) is 0. The summed E-state index contributed by atoms with van der Waals surface area (Å²) >= 11 is 0.543. The molecule has 25 heavy (non-hydrogen) atoms. The van der Waals surface area contributed by atoms with E-state index in [4.69, 9.17) is 0 Å². The van der Waals surface area contributed by atoms with Crippen LogP contribution in [-0.2, 0) is 0 Å². The van der Waals surface area contributed by atoms with E-state index in [2.05, 4.69) is 41.5 Å². The average Bonchev–Trinajstić information content (AvgIpc) is 3.19. The molecule has 4 rings (SSSR count). The number of rotatable bonds is 4. The summed E-state index contributed by atoms with van der Waals surface area (Å²) in [4.78, 5) is 0. The molecule has 4 fully saturated rings. The Kier molecular flexibility index (Phi) is 4.13. The molecule has 0 aromatic carbocycles. The van der Waals surface area contributed by atoms with Crippen LogP contribution in [0.15, 0.2) is 0 Å². The Hall–Kier alpha value is 0.439. The summed E-state index contributed by atoms with van der Waals surface area (Å²) in [6, 6.07) is 0. The van der Waals surface area contributed by atoms with Crippen LogP contribution in [0, 0.1) is 46.3 Å². The molecule has 4 aliphatic rings. The second kappa shape index (κ2) is 5.49. The molecule has 4 aliphatic carbocycles. The Morgan fingerprint density at radius 3 is 1.40 bits per heavy atom. The summed E-state index contributed by atoms with van der Waals surface area (Å²) in [6.45, 7) is 13.7. The fourth-order valence-corrected chi connectivity index (χ4v) is 10.2. The van der Waals surface area contributed by atoms with E-state index in [0.29, 0.717) is 37.6 Å². The summed E-state index contributed by atoms with van der Waals surface area (Å²) < 4.78 is 0.